The van der Waals surface area contributed by atoms with Gasteiger partial charge in [0.15, 0.2) is 0 Å². The van der Waals surface area contributed by atoms with Crippen LogP contribution in [0.25, 0.3) is 5.69 Å². The average molecular weight is 409 g/mol. The highest BCUT2D eigenvalue weighted by molar-refractivity contribution is 7.87. The molecule has 27 heavy (non-hydrogen) atoms. The van der Waals surface area contributed by atoms with E-state index >= 15 is 0 Å². The molecule has 3 rings (SSSR count). The Hall–Kier alpha value is -2.38. The number of nitrogens with zero attached hydrogens (tertiary/aromatic N) is 2. The normalized spacial score (nSPS) is 12.2. The second-order valence-corrected chi connectivity index (χ2v) is 8.98. The Morgan fingerprint density at radius 3 is 2.19 bits per heavy atom. The van der Waals surface area contributed by atoms with E-state index in [9.17, 15) is 12.8 Å². The number of hydrogen-bond acceptors (Lipinski definition) is 4. The van der Waals surface area contributed by atoms with Gasteiger partial charge in [0.1, 0.15) is 10.7 Å². The molecule has 142 valence electrons. The van der Waals surface area contributed by atoms with Crippen LogP contribution < -0.4 is 4.18 Å². The number of rotatable bonds is 4. The lowest BCUT2D eigenvalue weighted by Gasteiger charge is -2.13. The molecular formula is C19H18ClFN2O3S. The molecule has 0 N–H and O–H groups in total. The van der Waals surface area contributed by atoms with Crippen molar-refractivity contribution in [3.63, 3.8) is 0 Å². The second kappa shape index (κ2) is 6.98. The molecule has 0 unspecified atom stereocenters. The molecular weight excluding hydrogens is 391 g/mol. The minimum atomic E-state index is -4.09. The maximum absolute atomic E-state index is 13.3. The van der Waals surface area contributed by atoms with Crippen LogP contribution in [0.2, 0.25) is 5.02 Å². The van der Waals surface area contributed by atoms with Gasteiger partial charge in [0, 0.05) is 16.5 Å². The number of aromatic nitrogens is 2. The van der Waals surface area contributed by atoms with Gasteiger partial charge in [-0.1, -0.05) is 32.4 Å². The van der Waals surface area contributed by atoms with Crippen LogP contribution in [0.1, 0.15) is 26.5 Å². The lowest BCUT2D eigenvalue weighted by Crippen LogP contribution is -2.13. The topological polar surface area (TPSA) is 61.2 Å². The van der Waals surface area contributed by atoms with Crippen LogP contribution in [0.3, 0.4) is 0 Å². The summed E-state index contributed by atoms with van der Waals surface area (Å²) in [6.07, 6.45) is 0. The van der Waals surface area contributed by atoms with Crippen molar-refractivity contribution in [1.29, 1.82) is 0 Å². The first kappa shape index (κ1) is 19.4. The molecule has 0 spiro atoms. The first-order valence-electron chi connectivity index (χ1n) is 8.13. The van der Waals surface area contributed by atoms with Crippen molar-refractivity contribution >= 4 is 21.7 Å². The van der Waals surface area contributed by atoms with Crippen LogP contribution in [-0.4, -0.2) is 18.2 Å². The van der Waals surface area contributed by atoms with E-state index in [1.54, 1.807) is 6.07 Å². The molecule has 0 aliphatic heterocycles. The fraction of sp³-hybridized carbons (Fsp3) is 0.211. The SMILES string of the molecule is CC(C)(C)c1cc(OS(=O)(=O)c2ccc(Cl)cc2)n(-c2ccc(F)cc2)n1. The third-order valence-electron chi connectivity index (χ3n) is 3.81. The average Bonchev–Trinajstić information content (AvgIpc) is 2.99. The van der Waals surface area contributed by atoms with E-state index in [-0.39, 0.29) is 16.2 Å². The summed E-state index contributed by atoms with van der Waals surface area (Å²) in [7, 11) is -4.09. The van der Waals surface area contributed by atoms with E-state index in [1.165, 1.54) is 53.2 Å². The lowest BCUT2D eigenvalue weighted by molar-refractivity contribution is 0.464. The Balaban J connectivity index is 2.07. The molecule has 0 atom stereocenters. The quantitative estimate of drug-likeness (QED) is 0.585. The van der Waals surface area contributed by atoms with Gasteiger partial charge in [-0.15, -0.1) is 0 Å². The lowest BCUT2D eigenvalue weighted by atomic mass is 9.93. The van der Waals surface area contributed by atoms with Crippen molar-refractivity contribution in [2.45, 2.75) is 31.1 Å². The molecule has 0 amide bonds. The predicted octanol–water partition coefficient (Wildman–Crippen LogP) is 4.73. The summed E-state index contributed by atoms with van der Waals surface area (Å²) < 4.78 is 45.2. The molecule has 1 aromatic heterocycles. The van der Waals surface area contributed by atoms with Gasteiger partial charge >= 0.3 is 10.1 Å². The fourth-order valence-corrected chi connectivity index (χ4v) is 3.35. The Bertz CT molecular complexity index is 1050. The molecule has 1 heterocycles. The number of halogens is 2. The zero-order valence-electron chi connectivity index (χ0n) is 15.0. The standard InChI is InChI=1S/C19H18ClFN2O3S/c1-19(2,3)17-12-18(23(22-17)15-8-6-14(21)7-9-15)26-27(24,25)16-10-4-13(20)5-11-16/h4-12H,1-3H3. The maximum Gasteiger partial charge on any atom is 0.340 e. The Morgan fingerprint density at radius 2 is 1.63 bits per heavy atom. The Kier molecular flexibility index (Phi) is 5.01. The van der Waals surface area contributed by atoms with E-state index < -0.39 is 15.9 Å². The minimum absolute atomic E-state index is 0.0153. The predicted molar refractivity (Wildman–Crippen MR) is 101 cm³/mol. The van der Waals surface area contributed by atoms with Crippen LogP contribution >= 0.6 is 11.6 Å². The molecule has 3 aromatic rings. The van der Waals surface area contributed by atoms with Crippen LogP contribution in [0, 0.1) is 5.82 Å². The highest BCUT2D eigenvalue weighted by atomic mass is 35.5. The van der Waals surface area contributed by atoms with Gasteiger partial charge < -0.3 is 4.18 Å². The van der Waals surface area contributed by atoms with Gasteiger partial charge in [0.05, 0.1) is 11.4 Å². The van der Waals surface area contributed by atoms with E-state index in [1.807, 2.05) is 20.8 Å². The van der Waals surface area contributed by atoms with Gasteiger partial charge in [-0.05, 0) is 48.5 Å². The number of benzene rings is 2. The summed E-state index contributed by atoms with van der Waals surface area (Å²) in [6.45, 7) is 5.84. The van der Waals surface area contributed by atoms with Crippen molar-refractivity contribution in [2.75, 3.05) is 0 Å². The smallest absolute Gasteiger partial charge is 0.340 e. The van der Waals surface area contributed by atoms with Crippen LogP contribution in [0.15, 0.2) is 59.5 Å². The van der Waals surface area contributed by atoms with E-state index in [4.69, 9.17) is 15.8 Å². The van der Waals surface area contributed by atoms with Gasteiger partial charge in [-0.25, -0.2) is 4.39 Å². The van der Waals surface area contributed by atoms with Crippen molar-refractivity contribution in [1.82, 2.24) is 9.78 Å². The van der Waals surface area contributed by atoms with Crippen molar-refractivity contribution in [3.05, 3.63) is 71.1 Å². The largest absolute Gasteiger partial charge is 0.358 e. The number of hydrogen-bond donors (Lipinski definition) is 0. The van der Waals surface area contributed by atoms with Gasteiger partial charge in [-0.3, -0.25) is 0 Å². The third kappa shape index (κ3) is 4.31. The van der Waals surface area contributed by atoms with E-state index in [0.717, 1.165) is 0 Å². The molecule has 0 aliphatic rings. The highest BCUT2D eigenvalue weighted by Gasteiger charge is 2.25. The minimum Gasteiger partial charge on any atom is -0.358 e. The molecule has 5 nitrogen and oxygen atoms in total. The summed E-state index contributed by atoms with van der Waals surface area (Å²) in [5.41, 5.74) is 0.772. The summed E-state index contributed by atoms with van der Waals surface area (Å²) in [6, 6.07) is 12.8. The van der Waals surface area contributed by atoms with Crippen LogP contribution in [-0.2, 0) is 15.5 Å². The van der Waals surface area contributed by atoms with Crippen molar-refractivity contribution < 1.29 is 17.0 Å². The molecule has 8 heteroatoms. The monoisotopic (exact) mass is 408 g/mol. The zero-order valence-corrected chi connectivity index (χ0v) is 16.6. The zero-order chi connectivity index (χ0) is 19.8. The van der Waals surface area contributed by atoms with Crippen LogP contribution in [0.5, 0.6) is 5.88 Å². The van der Waals surface area contributed by atoms with Crippen molar-refractivity contribution in [2.24, 2.45) is 0 Å². The Labute approximate surface area is 162 Å². The fourth-order valence-electron chi connectivity index (χ4n) is 2.32. The molecule has 2 aromatic carbocycles. The van der Waals surface area contributed by atoms with Gasteiger partial charge in [0.25, 0.3) is 0 Å². The first-order chi connectivity index (χ1) is 12.6. The van der Waals surface area contributed by atoms with Crippen molar-refractivity contribution in [3.8, 4) is 11.6 Å². The third-order valence-corrected chi connectivity index (χ3v) is 5.31. The van der Waals surface area contributed by atoms with E-state index in [2.05, 4.69) is 5.10 Å². The Morgan fingerprint density at radius 1 is 1.04 bits per heavy atom. The van der Waals surface area contributed by atoms with Gasteiger partial charge in [0.2, 0.25) is 5.88 Å². The van der Waals surface area contributed by atoms with Crippen LogP contribution in [0.4, 0.5) is 4.39 Å². The molecule has 0 fully saturated rings. The van der Waals surface area contributed by atoms with Gasteiger partial charge in [-0.2, -0.15) is 18.2 Å². The molecule has 0 saturated heterocycles. The molecule has 0 bridgehead atoms. The molecule has 0 aliphatic carbocycles. The molecule has 0 saturated carbocycles. The maximum atomic E-state index is 13.3. The summed E-state index contributed by atoms with van der Waals surface area (Å²) in [4.78, 5) is -0.0314. The second-order valence-electron chi connectivity index (χ2n) is 7.00. The summed E-state index contributed by atoms with van der Waals surface area (Å²) in [5.74, 6) is -0.389. The summed E-state index contributed by atoms with van der Waals surface area (Å²) in [5, 5.41) is 4.87. The van der Waals surface area contributed by atoms with E-state index in [0.29, 0.717) is 16.4 Å². The highest BCUT2D eigenvalue weighted by Crippen LogP contribution is 2.29. The summed E-state index contributed by atoms with van der Waals surface area (Å²) >= 11 is 5.81. The molecule has 0 radical (unpaired) electrons. The first-order valence-corrected chi connectivity index (χ1v) is 9.91.